The number of carbonyl (C=O) groups excluding carboxylic acids is 1. The van der Waals surface area contributed by atoms with Gasteiger partial charge in [-0.15, -0.1) is 0 Å². The summed E-state index contributed by atoms with van der Waals surface area (Å²) in [6.07, 6.45) is 2.24. The maximum absolute atomic E-state index is 12.1. The second-order valence-electron chi connectivity index (χ2n) is 4.64. The van der Waals surface area contributed by atoms with Crippen LogP contribution in [0.15, 0.2) is 24.3 Å². The van der Waals surface area contributed by atoms with Gasteiger partial charge >= 0.3 is 0 Å². The van der Waals surface area contributed by atoms with E-state index in [4.69, 9.17) is 0 Å². The topological polar surface area (TPSA) is 17.1 Å². The van der Waals surface area contributed by atoms with Gasteiger partial charge in [-0.25, -0.2) is 0 Å². The first-order valence-electron chi connectivity index (χ1n) is 5.94. The molecule has 1 aromatic rings. The molecule has 0 N–H and O–H groups in total. The molecule has 1 nitrogen and oxygen atoms in total. The molecule has 1 aliphatic rings. The van der Waals surface area contributed by atoms with E-state index in [0.29, 0.717) is 11.7 Å². The zero-order valence-corrected chi connectivity index (χ0v) is 10.7. The van der Waals surface area contributed by atoms with Gasteiger partial charge < -0.3 is 0 Å². The molecule has 86 valence electrons. The Bertz CT molecular complexity index is 361. The highest BCUT2D eigenvalue weighted by atomic mass is 32.2. The third-order valence-corrected chi connectivity index (χ3v) is 4.46. The molecule has 1 aliphatic heterocycles. The van der Waals surface area contributed by atoms with Gasteiger partial charge in [0.25, 0.3) is 0 Å². The molecule has 0 radical (unpaired) electrons. The number of thioether (sulfide) groups is 1. The van der Waals surface area contributed by atoms with E-state index < -0.39 is 0 Å². The van der Waals surface area contributed by atoms with Gasteiger partial charge in [-0.2, -0.15) is 11.8 Å². The maximum atomic E-state index is 12.1. The van der Waals surface area contributed by atoms with Gasteiger partial charge in [-0.1, -0.05) is 38.1 Å². The number of carbonyl (C=O) groups is 1. The Morgan fingerprint density at radius 2 is 2.00 bits per heavy atom. The highest BCUT2D eigenvalue weighted by molar-refractivity contribution is 8.00. The molecule has 1 heterocycles. The zero-order chi connectivity index (χ0) is 11.5. The summed E-state index contributed by atoms with van der Waals surface area (Å²) in [4.78, 5) is 12.1. The van der Waals surface area contributed by atoms with Crippen molar-refractivity contribution >= 4 is 17.5 Å². The smallest absolute Gasteiger partial charge is 0.175 e. The predicted molar refractivity (Wildman–Crippen MR) is 70.3 cm³/mol. The molecule has 0 aromatic heterocycles. The lowest BCUT2D eigenvalue weighted by molar-refractivity contribution is 0.0988. The van der Waals surface area contributed by atoms with E-state index in [1.165, 1.54) is 12.0 Å². The molecule has 0 bridgehead atoms. The number of Topliss-reactive ketones (excluding diaryl/α,β-unsaturated/α-hetero) is 1. The molecule has 0 saturated carbocycles. The summed E-state index contributed by atoms with van der Waals surface area (Å²) in [5, 5.41) is 0.213. The fourth-order valence-electron chi connectivity index (χ4n) is 2.00. The molecule has 0 amide bonds. The minimum atomic E-state index is 0.213. The maximum Gasteiger partial charge on any atom is 0.175 e. The quantitative estimate of drug-likeness (QED) is 0.738. The van der Waals surface area contributed by atoms with Gasteiger partial charge in [0, 0.05) is 5.56 Å². The van der Waals surface area contributed by atoms with Gasteiger partial charge in [0.2, 0.25) is 0 Å². The van der Waals surface area contributed by atoms with E-state index in [2.05, 4.69) is 26.0 Å². The molecule has 1 saturated heterocycles. The van der Waals surface area contributed by atoms with E-state index >= 15 is 0 Å². The molecule has 2 heteroatoms. The minimum Gasteiger partial charge on any atom is -0.293 e. The van der Waals surface area contributed by atoms with E-state index in [9.17, 15) is 4.79 Å². The van der Waals surface area contributed by atoms with Crippen molar-refractivity contribution in [2.45, 2.75) is 37.9 Å². The van der Waals surface area contributed by atoms with Crippen molar-refractivity contribution in [1.82, 2.24) is 0 Å². The van der Waals surface area contributed by atoms with E-state index in [0.717, 1.165) is 17.7 Å². The van der Waals surface area contributed by atoms with Crippen molar-refractivity contribution in [3.8, 4) is 0 Å². The van der Waals surface area contributed by atoms with Crippen molar-refractivity contribution < 1.29 is 4.79 Å². The third-order valence-electron chi connectivity index (χ3n) is 3.08. The number of hydrogen-bond acceptors (Lipinski definition) is 2. The van der Waals surface area contributed by atoms with E-state index in [-0.39, 0.29) is 5.25 Å². The number of ketones is 1. The monoisotopic (exact) mass is 234 g/mol. The van der Waals surface area contributed by atoms with Crippen molar-refractivity contribution in [1.29, 1.82) is 0 Å². The lowest BCUT2D eigenvalue weighted by Gasteiger charge is -2.09. The highest BCUT2D eigenvalue weighted by Gasteiger charge is 2.24. The van der Waals surface area contributed by atoms with Crippen LogP contribution in [-0.4, -0.2) is 16.8 Å². The largest absolute Gasteiger partial charge is 0.293 e. The van der Waals surface area contributed by atoms with Gasteiger partial charge in [0.15, 0.2) is 5.78 Å². The summed E-state index contributed by atoms with van der Waals surface area (Å²) in [7, 11) is 0. The number of benzene rings is 1. The lowest BCUT2D eigenvalue weighted by Crippen LogP contribution is -2.13. The van der Waals surface area contributed by atoms with Crippen LogP contribution in [0.25, 0.3) is 0 Å². The van der Waals surface area contributed by atoms with Gasteiger partial charge in [-0.05, 0) is 30.1 Å². The van der Waals surface area contributed by atoms with Crippen molar-refractivity contribution in [3.05, 3.63) is 35.4 Å². The Kier molecular flexibility index (Phi) is 3.70. The average Bonchev–Trinajstić information content (AvgIpc) is 2.81. The predicted octanol–water partition coefficient (Wildman–Crippen LogP) is 3.89. The molecular formula is C14H18OS. The fraction of sp³-hybridized carbons (Fsp3) is 0.500. The van der Waals surface area contributed by atoms with Crippen LogP contribution in [0.2, 0.25) is 0 Å². The number of rotatable bonds is 3. The normalized spacial score (nSPS) is 20.3. The molecular weight excluding hydrogens is 216 g/mol. The van der Waals surface area contributed by atoms with Crippen LogP contribution >= 0.6 is 11.8 Å². The minimum absolute atomic E-state index is 0.213. The van der Waals surface area contributed by atoms with Crippen molar-refractivity contribution in [3.63, 3.8) is 0 Å². The molecule has 1 atom stereocenters. The number of hydrogen-bond donors (Lipinski definition) is 0. The second-order valence-corrected chi connectivity index (χ2v) is 5.95. The summed E-state index contributed by atoms with van der Waals surface area (Å²) < 4.78 is 0. The molecule has 1 fully saturated rings. The first-order valence-corrected chi connectivity index (χ1v) is 6.99. The average molecular weight is 234 g/mol. The lowest BCUT2D eigenvalue weighted by atomic mass is 9.99. The standard InChI is InChI=1S/C14H18OS/c1-10(2)11-5-7-12(8-6-11)14(15)13-4-3-9-16-13/h5-8,10,13H,3-4,9H2,1-2H3. The van der Waals surface area contributed by atoms with Crippen LogP contribution in [0.1, 0.15) is 48.5 Å². The summed E-state index contributed by atoms with van der Waals surface area (Å²) in [6, 6.07) is 8.13. The Morgan fingerprint density at radius 1 is 1.31 bits per heavy atom. The van der Waals surface area contributed by atoms with Gasteiger partial charge in [-0.3, -0.25) is 4.79 Å². The van der Waals surface area contributed by atoms with Crippen LogP contribution in [-0.2, 0) is 0 Å². The first-order chi connectivity index (χ1) is 7.68. The Morgan fingerprint density at radius 3 is 2.50 bits per heavy atom. The van der Waals surface area contributed by atoms with Crippen LogP contribution in [0.3, 0.4) is 0 Å². The van der Waals surface area contributed by atoms with Gasteiger partial charge in [0.1, 0.15) is 0 Å². The molecule has 1 aromatic carbocycles. The SMILES string of the molecule is CC(C)c1ccc(C(=O)C2CCCS2)cc1. The Hall–Kier alpha value is -0.760. The Balaban J connectivity index is 2.11. The fourth-order valence-corrected chi connectivity index (χ4v) is 3.24. The summed E-state index contributed by atoms with van der Waals surface area (Å²) in [6.45, 7) is 4.34. The van der Waals surface area contributed by atoms with Crippen molar-refractivity contribution in [2.75, 3.05) is 5.75 Å². The summed E-state index contributed by atoms with van der Waals surface area (Å²) in [5.41, 5.74) is 2.18. The van der Waals surface area contributed by atoms with Crippen molar-refractivity contribution in [2.24, 2.45) is 0 Å². The molecule has 0 aliphatic carbocycles. The summed E-state index contributed by atoms with van der Waals surface area (Å²) in [5.74, 6) is 1.99. The highest BCUT2D eigenvalue weighted by Crippen LogP contribution is 2.29. The Labute approximate surface area is 102 Å². The first kappa shape index (κ1) is 11.7. The molecule has 2 rings (SSSR count). The molecule has 0 spiro atoms. The molecule has 16 heavy (non-hydrogen) atoms. The zero-order valence-electron chi connectivity index (χ0n) is 9.90. The summed E-state index contributed by atoms with van der Waals surface area (Å²) >= 11 is 1.81. The van der Waals surface area contributed by atoms with E-state index in [1.807, 2.05) is 12.1 Å². The third kappa shape index (κ3) is 2.49. The van der Waals surface area contributed by atoms with Crippen LogP contribution in [0, 0.1) is 0 Å². The van der Waals surface area contributed by atoms with Crippen LogP contribution < -0.4 is 0 Å². The van der Waals surface area contributed by atoms with Crippen LogP contribution in [0.5, 0.6) is 0 Å². The van der Waals surface area contributed by atoms with Gasteiger partial charge in [0.05, 0.1) is 5.25 Å². The van der Waals surface area contributed by atoms with E-state index in [1.54, 1.807) is 11.8 Å². The van der Waals surface area contributed by atoms with Crippen LogP contribution in [0.4, 0.5) is 0 Å². The second kappa shape index (κ2) is 5.05. The molecule has 1 unspecified atom stereocenters.